The van der Waals surface area contributed by atoms with Crippen molar-refractivity contribution in [3.05, 3.63) is 77.4 Å². The Morgan fingerprint density at radius 2 is 1.77 bits per heavy atom. The van der Waals surface area contributed by atoms with Gasteiger partial charge in [-0.1, -0.05) is 61.0 Å². The second kappa shape index (κ2) is 11.4. The molecule has 208 valence electrons. The van der Waals surface area contributed by atoms with E-state index in [-0.39, 0.29) is 30.0 Å². The monoisotopic (exact) mass is 547 g/mol. The number of rotatable bonds is 7. The standard InChI is InChI=1S/C32H41N3O3S/c1-32(2,3)33-22-23-17-18-27-25(20-23)12-8-15-29(27)34-31(36)21-26-13-6-7-19-35(26)39(37,38)30-16-9-11-24-10-4-5-14-28(24)30/h4-5,9-11,14,16-18,20,26,29,33H,6-8,12-13,15,19,21-22H2,1-3H3,(H,34,36)/t26-,29+/m0/s1. The van der Waals surface area contributed by atoms with Crippen molar-refractivity contribution in [1.29, 1.82) is 0 Å². The van der Waals surface area contributed by atoms with Crippen molar-refractivity contribution in [2.45, 2.75) is 94.8 Å². The Morgan fingerprint density at radius 3 is 2.59 bits per heavy atom. The third kappa shape index (κ3) is 6.37. The average Bonchev–Trinajstić information content (AvgIpc) is 2.91. The first kappa shape index (κ1) is 27.8. The van der Waals surface area contributed by atoms with Gasteiger partial charge in [0.05, 0.1) is 10.9 Å². The van der Waals surface area contributed by atoms with Crippen LogP contribution in [0.15, 0.2) is 65.6 Å². The van der Waals surface area contributed by atoms with Crippen molar-refractivity contribution >= 4 is 26.7 Å². The number of sulfonamides is 1. The number of amides is 1. The minimum Gasteiger partial charge on any atom is -0.349 e. The Bertz CT molecular complexity index is 1440. The van der Waals surface area contributed by atoms with Gasteiger partial charge < -0.3 is 10.6 Å². The van der Waals surface area contributed by atoms with Gasteiger partial charge in [-0.25, -0.2) is 8.42 Å². The Hall–Kier alpha value is -2.74. The Morgan fingerprint density at radius 1 is 0.974 bits per heavy atom. The van der Waals surface area contributed by atoms with Crippen molar-refractivity contribution in [3.8, 4) is 0 Å². The Labute approximate surface area is 233 Å². The van der Waals surface area contributed by atoms with Gasteiger partial charge in [0.1, 0.15) is 0 Å². The van der Waals surface area contributed by atoms with Gasteiger partial charge in [-0.2, -0.15) is 4.31 Å². The summed E-state index contributed by atoms with van der Waals surface area (Å²) in [4.78, 5) is 13.7. The fourth-order valence-electron chi connectivity index (χ4n) is 6.00. The van der Waals surface area contributed by atoms with E-state index in [9.17, 15) is 13.2 Å². The lowest BCUT2D eigenvalue weighted by Crippen LogP contribution is -2.46. The molecule has 0 saturated carbocycles. The lowest BCUT2D eigenvalue weighted by Gasteiger charge is -2.35. The van der Waals surface area contributed by atoms with E-state index in [0.29, 0.717) is 17.9 Å². The third-order valence-corrected chi connectivity index (χ3v) is 10.0. The molecular formula is C32H41N3O3S. The van der Waals surface area contributed by atoms with Crippen molar-refractivity contribution in [2.75, 3.05) is 6.54 Å². The zero-order chi connectivity index (χ0) is 27.6. The molecular weight excluding hydrogens is 506 g/mol. The Balaban J connectivity index is 1.30. The van der Waals surface area contributed by atoms with Gasteiger partial charge in [-0.15, -0.1) is 0 Å². The molecule has 1 saturated heterocycles. The molecule has 2 aliphatic rings. The molecule has 0 unspecified atom stereocenters. The first-order chi connectivity index (χ1) is 18.6. The molecule has 2 atom stereocenters. The molecule has 3 aromatic carbocycles. The van der Waals surface area contributed by atoms with Crippen molar-refractivity contribution in [2.24, 2.45) is 0 Å². The van der Waals surface area contributed by atoms with E-state index in [4.69, 9.17) is 0 Å². The molecule has 2 N–H and O–H groups in total. The average molecular weight is 548 g/mol. The summed E-state index contributed by atoms with van der Waals surface area (Å²) in [5.74, 6) is -0.0728. The summed E-state index contributed by atoms with van der Waals surface area (Å²) in [6, 6.07) is 19.2. The smallest absolute Gasteiger partial charge is 0.243 e. The van der Waals surface area contributed by atoms with E-state index in [0.717, 1.165) is 49.4 Å². The number of hydrogen-bond donors (Lipinski definition) is 2. The number of carbonyl (C=O) groups excluding carboxylic acids is 1. The number of nitrogens with zero attached hydrogens (tertiary/aromatic N) is 1. The van der Waals surface area contributed by atoms with E-state index in [1.54, 1.807) is 16.4 Å². The van der Waals surface area contributed by atoms with Gasteiger partial charge in [0.2, 0.25) is 15.9 Å². The lowest BCUT2D eigenvalue weighted by atomic mass is 9.86. The highest BCUT2D eigenvalue weighted by Gasteiger charge is 2.36. The minimum absolute atomic E-state index is 0.0300. The quantitative estimate of drug-likeness (QED) is 0.389. The molecule has 1 aliphatic heterocycles. The van der Waals surface area contributed by atoms with Crippen LogP contribution < -0.4 is 10.6 Å². The molecule has 3 aromatic rings. The highest BCUT2D eigenvalue weighted by atomic mass is 32.2. The minimum atomic E-state index is -3.74. The maximum Gasteiger partial charge on any atom is 0.243 e. The number of hydrogen-bond acceptors (Lipinski definition) is 4. The van der Waals surface area contributed by atoms with Crippen LogP contribution in [0.25, 0.3) is 10.8 Å². The second-order valence-electron chi connectivity index (χ2n) is 12.1. The number of piperidine rings is 1. The third-order valence-electron chi connectivity index (χ3n) is 8.01. The number of benzene rings is 3. The number of aryl methyl sites for hydroxylation is 1. The van der Waals surface area contributed by atoms with Crippen LogP contribution in [-0.4, -0.2) is 36.8 Å². The van der Waals surface area contributed by atoms with Crippen LogP contribution in [0.5, 0.6) is 0 Å². The molecule has 0 spiro atoms. The molecule has 5 rings (SSSR count). The second-order valence-corrected chi connectivity index (χ2v) is 14.0. The summed E-state index contributed by atoms with van der Waals surface area (Å²) in [6.45, 7) is 7.75. The van der Waals surface area contributed by atoms with E-state index >= 15 is 0 Å². The zero-order valence-corrected chi connectivity index (χ0v) is 24.2. The first-order valence-corrected chi connectivity index (χ1v) is 15.7. The number of fused-ring (bicyclic) bond motifs is 2. The predicted molar refractivity (Wildman–Crippen MR) is 157 cm³/mol. The summed E-state index contributed by atoms with van der Waals surface area (Å²) < 4.78 is 29.4. The molecule has 1 heterocycles. The zero-order valence-electron chi connectivity index (χ0n) is 23.4. The Kier molecular flexibility index (Phi) is 8.13. The van der Waals surface area contributed by atoms with Crippen molar-refractivity contribution in [1.82, 2.24) is 14.9 Å². The summed E-state index contributed by atoms with van der Waals surface area (Å²) in [6.07, 6.45) is 5.57. The van der Waals surface area contributed by atoms with Gasteiger partial charge in [0, 0.05) is 36.5 Å². The molecule has 0 radical (unpaired) electrons. The summed E-state index contributed by atoms with van der Waals surface area (Å²) in [5, 5.41) is 8.44. The lowest BCUT2D eigenvalue weighted by molar-refractivity contribution is -0.123. The van der Waals surface area contributed by atoms with Crippen LogP contribution in [0.1, 0.15) is 82.0 Å². The molecule has 39 heavy (non-hydrogen) atoms. The van der Waals surface area contributed by atoms with Crippen molar-refractivity contribution in [3.63, 3.8) is 0 Å². The first-order valence-electron chi connectivity index (χ1n) is 14.3. The maximum atomic E-state index is 13.9. The summed E-state index contributed by atoms with van der Waals surface area (Å²) in [5.41, 5.74) is 3.81. The topological polar surface area (TPSA) is 78.5 Å². The van der Waals surface area contributed by atoms with Gasteiger partial charge >= 0.3 is 0 Å². The van der Waals surface area contributed by atoms with Crippen LogP contribution in [0, 0.1) is 0 Å². The molecule has 1 aliphatic carbocycles. The van der Waals surface area contributed by atoms with Crippen LogP contribution >= 0.6 is 0 Å². The fourth-order valence-corrected chi connectivity index (χ4v) is 7.91. The maximum absolute atomic E-state index is 13.9. The molecule has 1 fully saturated rings. The van der Waals surface area contributed by atoms with E-state index in [2.05, 4.69) is 49.6 Å². The largest absolute Gasteiger partial charge is 0.349 e. The van der Waals surface area contributed by atoms with E-state index < -0.39 is 10.0 Å². The van der Waals surface area contributed by atoms with Gasteiger partial charge in [0.15, 0.2) is 0 Å². The van der Waals surface area contributed by atoms with E-state index in [1.807, 2.05) is 30.3 Å². The van der Waals surface area contributed by atoms with Crippen LogP contribution in [0.4, 0.5) is 0 Å². The normalized spacial score (nSPS) is 20.5. The van der Waals surface area contributed by atoms with Gasteiger partial charge in [-0.3, -0.25) is 4.79 Å². The molecule has 0 bridgehead atoms. The summed E-state index contributed by atoms with van der Waals surface area (Å²) >= 11 is 0. The van der Waals surface area contributed by atoms with Crippen molar-refractivity contribution < 1.29 is 13.2 Å². The van der Waals surface area contributed by atoms with E-state index in [1.165, 1.54) is 16.7 Å². The molecule has 7 heteroatoms. The molecule has 6 nitrogen and oxygen atoms in total. The van der Waals surface area contributed by atoms with Gasteiger partial charge in [0.25, 0.3) is 0 Å². The fraction of sp³-hybridized carbons (Fsp3) is 0.469. The van der Waals surface area contributed by atoms with Crippen LogP contribution in [0.2, 0.25) is 0 Å². The van der Waals surface area contributed by atoms with Crippen LogP contribution in [-0.2, 0) is 27.8 Å². The highest BCUT2D eigenvalue weighted by Crippen LogP contribution is 2.33. The molecule has 0 aromatic heterocycles. The van der Waals surface area contributed by atoms with Gasteiger partial charge in [-0.05, 0) is 81.0 Å². The predicted octanol–water partition coefficient (Wildman–Crippen LogP) is 5.86. The molecule has 1 amide bonds. The number of nitrogens with one attached hydrogen (secondary N) is 2. The SMILES string of the molecule is CC(C)(C)NCc1ccc2c(c1)CCC[C@H]2NC(=O)C[C@@H]1CCCCN1S(=O)(=O)c1cccc2ccccc12. The summed E-state index contributed by atoms with van der Waals surface area (Å²) in [7, 11) is -3.74. The number of carbonyl (C=O) groups is 1. The van der Waals surface area contributed by atoms with Crippen LogP contribution in [0.3, 0.4) is 0 Å². The highest BCUT2D eigenvalue weighted by molar-refractivity contribution is 7.89.